The average Bonchev–Trinajstić information content (AvgIpc) is 3.29. The molecule has 0 spiro atoms. The highest BCUT2D eigenvalue weighted by Gasteiger charge is 2.19. The fourth-order valence-corrected chi connectivity index (χ4v) is 4.37. The molecule has 132 valence electrons. The van der Waals surface area contributed by atoms with E-state index in [1.54, 1.807) is 6.20 Å². The van der Waals surface area contributed by atoms with E-state index in [2.05, 4.69) is 33.7 Å². The molecule has 0 amide bonds. The Hall–Kier alpha value is -4.41. The minimum Gasteiger partial charge on any atom is -0.308 e. The van der Waals surface area contributed by atoms with Crippen molar-refractivity contribution < 1.29 is 0 Å². The van der Waals surface area contributed by atoms with Crippen LogP contribution >= 0.6 is 0 Å². The predicted octanol–water partition coefficient (Wildman–Crippen LogP) is 5.64. The van der Waals surface area contributed by atoms with E-state index < -0.39 is 0 Å². The van der Waals surface area contributed by atoms with Gasteiger partial charge in [0.2, 0.25) is 0 Å². The normalized spacial score (nSPS) is 11.4. The van der Waals surface area contributed by atoms with Gasteiger partial charge in [0.25, 0.3) is 0 Å². The van der Waals surface area contributed by atoms with Crippen LogP contribution in [0.25, 0.3) is 49.4 Å². The molecular formula is C25H12N4. The maximum Gasteiger partial charge on any atom is 0.0992 e. The summed E-state index contributed by atoms with van der Waals surface area (Å²) in [6.45, 7) is 0. The standard InChI is InChI=1S/C25H12N4/c26-13-15-4-6-18-20-11-17(22-3-1-2-8-28-22)12-21-19-7-5-16(14-27)10-24(19)29(25(20)21)23(18)9-15/h1-12H. The van der Waals surface area contributed by atoms with Crippen molar-refractivity contribution in [1.82, 2.24) is 9.38 Å². The highest BCUT2D eigenvalue weighted by Crippen LogP contribution is 2.41. The molecule has 3 aromatic carbocycles. The van der Waals surface area contributed by atoms with E-state index >= 15 is 0 Å². The molecule has 0 radical (unpaired) electrons. The molecule has 0 bridgehead atoms. The molecule has 0 saturated carbocycles. The van der Waals surface area contributed by atoms with Gasteiger partial charge in [-0.1, -0.05) is 18.2 Å². The van der Waals surface area contributed by atoms with Crippen molar-refractivity contribution in [2.45, 2.75) is 0 Å². The van der Waals surface area contributed by atoms with Crippen LogP contribution in [0.4, 0.5) is 0 Å². The van der Waals surface area contributed by atoms with Gasteiger partial charge in [-0.15, -0.1) is 0 Å². The van der Waals surface area contributed by atoms with Gasteiger partial charge in [-0.3, -0.25) is 4.98 Å². The summed E-state index contributed by atoms with van der Waals surface area (Å²) < 4.78 is 2.18. The lowest BCUT2D eigenvalue weighted by Crippen LogP contribution is -1.83. The van der Waals surface area contributed by atoms with Gasteiger partial charge in [0, 0.05) is 33.3 Å². The van der Waals surface area contributed by atoms with Crippen LogP contribution in [-0.2, 0) is 0 Å². The molecule has 0 aliphatic heterocycles. The van der Waals surface area contributed by atoms with E-state index in [4.69, 9.17) is 0 Å². The number of benzene rings is 3. The second-order valence-corrected chi connectivity index (χ2v) is 7.16. The van der Waals surface area contributed by atoms with Crippen molar-refractivity contribution in [2.75, 3.05) is 0 Å². The Balaban J connectivity index is 1.89. The van der Waals surface area contributed by atoms with E-state index in [9.17, 15) is 10.5 Å². The predicted molar refractivity (Wildman–Crippen MR) is 114 cm³/mol. The molecule has 6 rings (SSSR count). The van der Waals surface area contributed by atoms with Crippen molar-refractivity contribution >= 4 is 38.1 Å². The van der Waals surface area contributed by atoms with Crippen molar-refractivity contribution in [1.29, 1.82) is 10.5 Å². The van der Waals surface area contributed by atoms with Gasteiger partial charge < -0.3 is 4.40 Å². The van der Waals surface area contributed by atoms with Crippen LogP contribution in [0.15, 0.2) is 72.9 Å². The second-order valence-electron chi connectivity index (χ2n) is 7.16. The fourth-order valence-electron chi connectivity index (χ4n) is 4.37. The SMILES string of the molecule is N#Cc1ccc2c3cc(-c4ccccn4)cc4c5ccc(C#N)cc5n(c2c1)c34. The number of hydrogen-bond donors (Lipinski definition) is 0. The summed E-state index contributed by atoms with van der Waals surface area (Å²) in [5.41, 5.74) is 6.27. The lowest BCUT2D eigenvalue weighted by molar-refractivity contribution is 1.33. The van der Waals surface area contributed by atoms with Crippen LogP contribution in [0.2, 0.25) is 0 Å². The van der Waals surface area contributed by atoms with Crippen LogP contribution < -0.4 is 0 Å². The molecule has 3 heterocycles. The van der Waals surface area contributed by atoms with Crippen LogP contribution in [0.5, 0.6) is 0 Å². The number of nitriles is 2. The summed E-state index contributed by atoms with van der Waals surface area (Å²) in [6.07, 6.45) is 1.80. The monoisotopic (exact) mass is 368 g/mol. The lowest BCUT2D eigenvalue weighted by Gasteiger charge is -2.03. The molecule has 0 atom stereocenters. The summed E-state index contributed by atoms with van der Waals surface area (Å²) in [4.78, 5) is 4.53. The Morgan fingerprint density at radius 1 is 0.690 bits per heavy atom. The van der Waals surface area contributed by atoms with Crippen molar-refractivity contribution in [3.05, 3.63) is 84.1 Å². The molecule has 4 nitrogen and oxygen atoms in total. The Morgan fingerprint density at radius 3 is 1.83 bits per heavy atom. The van der Waals surface area contributed by atoms with Gasteiger partial charge in [-0.2, -0.15) is 10.5 Å². The smallest absolute Gasteiger partial charge is 0.0992 e. The number of fused-ring (bicyclic) bond motifs is 6. The van der Waals surface area contributed by atoms with Crippen LogP contribution in [0.1, 0.15) is 11.1 Å². The zero-order chi connectivity index (χ0) is 19.5. The highest BCUT2D eigenvalue weighted by atomic mass is 14.9. The first-order chi connectivity index (χ1) is 14.3. The molecule has 3 aromatic heterocycles. The maximum absolute atomic E-state index is 9.41. The molecule has 0 saturated heterocycles. The molecular weight excluding hydrogens is 356 g/mol. The van der Waals surface area contributed by atoms with Crippen LogP contribution in [-0.4, -0.2) is 9.38 Å². The van der Waals surface area contributed by atoms with E-state index in [0.717, 1.165) is 49.4 Å². The van der Waals surface area contributed by atoms with Crippen LogP contribution in [0, 0.1) is 22.7 Å². The number of aromatic nitrogens is 2. The first kappa shape index (κ1) is 15.6. The number of pyridine rings is 1. The second kappa shape index (κ2) is 5.55. The van der Waals surface area contributed by atoms with Gasteiger partial charge in [0.1, 0.15) is 0 Å². The minimum atomic E-state index is 0.618. The lowest BCUT2D eigenvalue weighted by atomic mass is 10.0. The third-order valence-corrected chi connectivity index (χ3v) is 5.61. The molecule has 0 unspecified atom stereocenters. The van der Waals surface area contributed by atoms with Gasteiger partial charge in [0.05, 0.1) is 45.5 Å². The molecule has 0 aliphatic carbocycles. The Labute approximate surface area is 165 Å². The third kappa shape index (κ3) is 2.03. The maximum atomic E-state index is 9.41. The van der Waals surface area contributed by atoms with Crippen molar-refractivity contribution in [2.24, 2.45) is 0 Å². The average molecular weight is 368 g/mol. The van der Waals surface area contributed by atoms with Gasteiger partial charge >= 0.3 is 0 Å². The summed E-state index contributed by atoms with van der Waals surface area (Å²) >= 11 is 0. The fraction of sp³-hybridized carbons (Fsp3) is 0. The first-order valence-electron chi connectivity index (χ1n) is 9.27. The summed E-state index contributed by atoms with van der Waals surface area (Å²) in [5.74, 6) is 0. The van der Waals surface area contributed by atoms with Crippen LogP contribution in [0.3, 0.4) is 0 Å². The summed E-state index contributed by atoms with van der Waals surface area (Å²) in [6, 6.07) is 26.3. The molecule has 4 heteroatoms. The Kier molecular flexibility index (Phi) is 2.99. The van der Waals surface area contributed by atoms with E-state index in [1.807, 2.05) is 54.6 Å². The minimum absolute atomic E-state index is 0.618. The van der Waals surface area contributed by atoms with Gasteiger partial charge in [-0.25, -0.2) is 0 Å². The van der Waals surface area contributed by atoms with Crippen molar-refractivity contribution in [3.8, 4) is 23.4 Å². The largest absolute Gasteiger partial charge is 0.308 e. The highest BCUT2D eigenvalue weighted by molar-refractivity contribution is 6.24. The molecule has 6 aromatic rings. The van der Waals surface area contributed by atoms with E-state index in [0.29, 0.717) is 11.1 Å². The van der Waals surface area contributed by atoms with Gasteiger partial charge in [-0.05, 0) is 48.5 Å². The zero-order valence-corrected chi connectivity index (χ0v) is 15.2. The summed E-state index contributed by atoms with van der Waals surface area (Å²) in [5, 5.41) is 23.2. The third-order valence-electron chi connectivity index (χ3n) is 5.61. The number of nitrogens with zero attached hydrogens (tertiary/aromatic N) is 4. The van der Waals surface area contributed by atoms with E-state index in [1.165, 1.54) is 0 Å². The molecule has 0 fully saturated rings. The molecule has 0 N–H and O–H groups in total. The topological polar surface area (TPSA) is 64.9 Å². The molecule has 29 heavy (non-hydrogen) atoms. The Morgan fingerprint density at radius 2 is 1.31 bits per heavy atom. The van der Waals surface area contributed by atoms with Crippen molar-refractivity contribution in [3.63, 3.8) is 0 Å². The quantitative estimate of drug-likeness (QED) is 0.377. The molecule has 0 aliphatic rings. The number of hydrogen-bond acceptors (Lipinski definition) is 3. The first-order valence-corrected chi connectivity index (χ1v) is 9.27. The number of rotatable bonds is 1. The zero-order valence-electron chi connectivity index (χ0n) is 15.2. The van der Waals surface area contributed by atoms with E-state index in [-0.39, 0.29) is 0 Å². The Bertz CT molecular complexity index is 1560. The summed E-state index contributed by atoms with van der Waals surface area (Å²) in [7, 11) is 0. The van der Waals surface area contributed by atoms with Gasteiger partial charge in [0.15, 0.2) is 0 Å².